The smallest absolute Gasteiger partial charge is 0.323 e. The first kappa shape index (κ1) is 12.5. The van der Waals surface area contributed by atoms with Crippen LogP contribution in [0.15, 0.2) is 22.7 Å². The minimum absolute atomic E-state index is 0.0372. The van der Waals surface area contributed by atoms with Gasteiger partial charge in [0.2, 0.25) is 0 Å². The van der Waals surface area contributed by atoms with Gasteiger partial charge in [-0.2, -0.15) is 0 Å². The Labute approximate surface area is 106 Å². The Morgan fingerprint density at radius 1 is 1.59 bits per heavy atom. The number of hydrogen-bond donors (Lipinski definition) is 2. The van der Waals surface area contributed by atoms with Crippen molar-refractivity contribution in [2.24, 2.45) is 0 Å². The van der Waals surface area contributed by atoms with E-state index in [0.717, 1.165) is 0 Å². The molecule has 2 N–H and O–H groups in total. The average molecular weight is 304 g/mol. The van der Waals surface area contributed by atoms with Gasteiger partial charge in [0, 0.05) is 16.6 Å². The standard InChI is InChI=1S/C11H11BrFNO3/c12-6-1-2-7(8(13)3-6)10-4-14-9(5-17-10)11(15)16/h1-3,9-10,14H,4-5H2,(H,15,16). The second-order valence-corrected chi connectivity index (χ2v) is 4.70. The van der Waals surface area contributed by atoms with Gasteiger partial charge in [0.25, 0.3) is 0 Å². The number of carboxylic acids is 1. The van der Waals surface area contributed by atoms with Crippen LogP contribution in [0.5, 0.6) is 0 Å². The minimum Gasteiger partial charge on any atom is -0.480 e. The van der Waals surface area contributed by atoms with Crippen LogP contribution in [-0.4, -0.2) is 30.3 Å². The summed E-state index contributed by atoms with van der Waals surface area (Å²) in [6.45, 7) is 0.324. The third-order valence-electron chi connectivity index (χ3n) is 2.62. The van der Waals surface area contributed by atoms with Gasteiger partial charge in [-0.3, -0.25) is 10.1 Å². The predicted molar refractivity (Wildman–Crippen MR) is 62.2 cm³/mol. The summed E-state index contributed by atoms with van der Waals surface area (Å²) >= 11 is 3.17. The molecule has 0 spiro atoms. The second kappa shape index (κ2) is 5.12. The third-order valence-corrected chi connectivity index (χ3v) is 3.11. The number of ether oxygens (including phenoxy) is 1. The zero-order valence-corrected chi connectivity index (χ0v) is 10.4. The van der Waals surface area contributed by atoms with Crippen molar-refractivity contribution in [1.29, 1.82) is 0 Å². The van der Waals surface area contributed by atoms with Crippen LogP contribution in [0.3, 0.4) is 0 Å². The van der Waals surface area contributed by atoms with Crippen molar-refractivity contribution in [2.75, 3.05) is 13.2 Å². The molecular weight excluding hydrogens is 293 g/mol. The minimum atomic E-state index is -0.959. The van der Waals surface area contributed by atoms with Gasteiger partial charge in [-0.25, -0.2) is 4.39 Å². The molecule has 0 aromatic heterocycles. The van der Waals surface area contributed by atoms with Crippen molar-refractivity contribution in [3.8, 4) is 0 Å². The van der Waals surface area contributed by atoms with E-state index in [1.807, 2.05) is 0 Å². The Bertz CT molecular complexity index is 433. The first-order valence-electron chi connectivity index (χ1n) is 5.10. The zero-order valence-electron chi connectivity index (χ0n) is 8.82. The summed E-state index contributed by atoms with van der Waals surface area (Å²) in [5, 5.41) is 11.6. The van der Waals surface area contributed by atoms with E-state index in [4.69, 9.17) is 9.84 Å². The molecule has 0 radical (unpaired) electrons. The lowest BCUT2D eigenvalue weighted by Gasteiger charge is -2.28. The number of benzene rings is 1. The van der Waals surface area contributed by atoms with E-state index < -0.39 is 18.1 Å². The maximum atomic E-state index is 13.6. The van der Waals surface area contributed by atoms with E-state index in [0.29, 0.717) is 10.0 Å². The van der Waals surface area contributed by atoms with Gasteiger partial charge in [-0.1, -0.05) is 22.0 Å². The monoisotopic (exact) mass is 303 g/mol. The summed E-state index contributed by atoms with van der Waals surface area (Å²) in [5.41, 5.74) is 0.435. The lowest BCUT2D eigenvalue weighted by molar-refractivity contribution is -0.144. The van der Waals surface area contributed by atoms with E-state index in [9.17, 15) is 9.18 Å². The van der Waals surface area contributed by atoms with Crippen LogP contribution in [0, 0.1) is 5.82 Å². The summed E-state index contributed by atoms with van der Waals surface area (Å²) < 4.78 is 19.7. The number of carboxylic acid groups (broad SMARTS) is 1. The molecule has 0 amide bonds. The lowest BCUT2D eigenvalue weighted by Crippen LogP contribution is -2.47. The summed E-state index contributed by atoms with van der Waals surface area (Å²) in [7, 11) is 0. The molecule has 6 heteroatoms. The highest BCUT2D eigenvalue weighted by atomic mass is 79.9. The molecular formula is C11H11BrFNO3. The van der Waals surface area contributed by atoms with Crippen LogP contribution < -0.4 is 5.32 Å². The molecule has 1 aliphatic rings. The lowest BCUT2D eigenvalue weighted by atomic mass is 10.1. The number of morpholine rings is 1. The number of rotatable bonds is 2. The van der Waals surface area contributed by atoms with Crippen molar-refractivity contribution < 1.29 is 19.0 Å². The van der Waals surface area contributed by atoms with Crippen molar-refractivity contribution >= 4 is 21.9 Å². The maximum absolute atomic E-state index is 13.6. The first-order valence-corrected chi connectivity index (χ1v) is 5.90. The first-order chi connectivity index (χ1) is 8.08. The fourth-order valence-corrected chi connectivity index (χ4v) is 2.03. The summed E-state index contributed by atoms with van der Waals surface area (Å²) in [4.78, 5) is 10.7. The number of nitrogens with one attached hydrogen (secondary N) is 1. The van der Waals surface area contributed by atoms with Gasteiger partial charge in [-0.15, -0.1) is 0 Å². The van der Waals surface area contributed by atoms with Crippen molar-refractivity contribution in [3.05, 3.63) is 34.1 Å². The molecule has 0 bridgehead atoms. The van der Waals surface area contributed by atoms with Gasteiger partial charge in [0.15, 0.2) is 0 Å². The highest BCUT2D eigenvalue weighted by molar-refractivity contribution is 9.10. The third kappa shape index (κ3) is 2.83. The van der Waals surface area contributed by atoms with Crippen molar-refractivity contribution in [2.45, 2.75) is 12.1 Å². The highest BCUT2D eigenvalue weighted by Gasteiger charge is 2.28. The number of aliphatic carboxylic acids is 1. The average Bonchev–Trinajstić information content (AvgIpc) is 2.29. The molecule has 0 aliphatic carbocycles. The zero-order chi connectivity index (χ0) is 12.4. The van der Waals surface area contributed by atoms with Gasteiger partial charge in [-0.05, 0) is 12.1 Å². The molecule has 2 atom stereocenters. The maximum Gasteiger partial charge on any atom is 0.323 e. The molecule has 1 aromatic rings. The molecule has 1 fully saturated rings. The fraction of sp³-hybridized carbons (Fsp3) is 0.364. The molecule has 1 heterocycles. The molecule has 1 saturated heterocycles. The fourth-order valence-electron chi connectivity index (χ4n) is 1.70. The van der Waals surface area contributed by atoms with Crippen molar-refractivity contribution in [1.82, 2.24) is 5.32 Å². The van der Waals surface area contributed by atoms with Crippen LogP contribution in [0.2, 0.25) is 0 Å². The molecule has 4 nitrogen and oxygen atoms in total. The topological polar surface area (TPSA) is 58.6 Å². The summed E-state index contributed by atoms with van der Waals surface area (Å²) in [6, 6.07) is 4.00. The highest BCUT2D eigenvalue weighted by Crippen LogP contribution is 2.25. The largest absolute Gasteiger partial charge is 0.480 e. The SMILES string of the molecule is O=C(O)C1COC(c2ccc(Br)cc2F)CN1. The molecule has 17 heavy (non-hydrogen) atoms. The van der Waals surface area contributed by atoms with Gasteiger partial charge in [0.1, 0.15) is 11.9 Å². The van der Waals surface area contributed by atoms with Crippen LogP contribution in [0.1, 0.15) is 11.7 Å². The molecule has 1 aromatic carbocycles. The summed E-state index contributed by atoms with van der Waals surface area (Å²) in [5.74, 6) is -1.32. The van der Waals surface area contributed by atoms with Gasteiger partial charge in [0.05, 0.1) is 12.7 Å². The van der Waals surface area contributed by atoms with Crippen molar-refractivity contribution in [3.63, 3.8) is 0 Å². The predicted octanol–water partition coefficient (Wildman–Crippen LogP) is 1.70. The number of hydrogen-bond acceptors (Lipinski definition) is 3. The summed E-state index contributed by atoms with van der Waals surface area (Å²) in [6.07, 6.45) is -0.446. The van der Waals surface area contributed by atoms with Gasteiger partial charge < -0.3 is 9.84 Å². The molecule has 92 valence electrons. The van der Waals surface area contributed by atoms with E-state index in [-0.39, 0.29) is 19.0 Å². The number of carbonyl (C=O) groups is 1. The van der Waals surface area contributed by atoms with Crippen LogP contribution in [-0.2, 0) is 9.53 Å². The molecule has 1 aliphatic heterocycles. The quantitative estimate of drug-likeness (QED) is 0.873. The van der Waals surface area contributed by atoms with E-state index in [2.05, 4.69) is 21.2 Å². The van der Waals surface area contributed by atoms with E-state index in [1.54, 1.807) is 12.1 Å². The Kier molecular flexibility index (Phi) is 3.76. The van der Waals surface area contributed by atoms with E-state index >= 15 is 0 Å². The molecule has 2 rings (SSSR count). The normalized spacial score (nSPS) is 24.6. The number of halogens is 2. The molecule has 2 unspecified atom stereocenters. The Morgan fingerprint density at radius 3 is 2.88 bits per heavy atom. The van der Waals surface area contributed by atoms with Gasteiger partial charge >= 0.3 is 5.97 Å². The Hall–Kier alpha value is -0.980. The Morgan fingerprint density at radius 2 is 2.35 bits per heavy atom. The van der Waals surface area contributed by atoms with Crippen LogP contribution >= 0.6 is 15.9 Å². The Balaban J connectivity index is 2.08. The van der Waals surface area contributed by atoms with Crippen LogP contribution in [0.4, 0.5) is 4.39 Å². The second-order valence-electron chi connectivity index (χ2n) is 3.79. The van der Waals surface area contributed by atoms with Crippen LogP contribution in [0.25, 0.3) is 0 Å². The molecule has 0 saturated carbocycles. The van der Waals surface area contributed by atoms with E-state index in [1.165, 1.54) is 6.07 Å².